The summed E-state index contributed by atoms with van der Waals surface area (Å²) in [5.41, 5.74) is 0.989. The molecule has 2 heterocycles. The number of allylic oxidation sites excluding steroid dienone is 1. The lowest BCUT2D eigenvalue weighted by Gasteiger charge is -2.22. The molecule has 2 N–H and O–H groups in total. The van der Waals surface area contributed by atoms with Crippen molar-refractivity contribution >= 4 is 11.9 Å². The van der Waals surface area contributed by atoms with Crippen LogP contribution in [0.2, 0.25) is 0 Å². The molecule has 1 atom stereocenters. The van der Waals surface area contributed by atoms with E-state index < -0.39 is 5.97 Å². The molecular weight excluding hydrogens is 260 g/mol. The summed E-state index contributed by atoms with van der Waals surface area (Å²) < 4.78 is 6.59. The molecule has 0 spiro atoms. The second-order valence-electron chi connectivity index (χ2n) is 4.23. The summed E-state index contributed by atoms with van der Waals surface area (Å²) in [6, 6.07) is 9.34. The van der Waals surface area contributed by atoms with E-state index in [1.165, 1.54) is 7.11 Å². The second-order valence-corrected chi connectivity index (χ2v) is 4.23. The Morgan fingerprint density at radius 3 is 2.80 bits per heavy atom. The number of carbonyl (C=O) groups is 1. The van der Waals surface area contributed by atoms with Gasteiger partial charge in [0.25, 0.3) is 0 Å². The van der Waals surface area contributed by atoms with Crippen LogP contribution < -0.4 is 10.1 Å². The molecule has 102 valence electrons. The van der Waals surface area contributed by atoms with Crippen LogP contribution in [0.5, 0.6) is 6.01 Å². The van der Waals surface area contributed by atoms with Gasteiger partial charge in [0.15, 0.2) is 0 Å². The van der Waals surface area contributed by atoms with Crippen LogP contribution in [0, 0.1) is 0 Å². The van der Waals surface area contributed by atoms with Crippen LogP contribution in [0.25, 0.3) is 0 Å². The van der Waals surface area contributed by atoms with Gasteiger partial charge in [0, 0.05) is 0 Å². The van der Waals surface area contributed by atoms with E-state index in [1.54, 1.807) is 10.8 Å². The number of aromatic nitrogens is 3. The fraction of sp³-hybridized carbons (Fsp3) is 0.154. The Morgan fingerprint density at radius 2 is 2.15 bits per heavy atom. The number of nitrogens with one attached hydrogen (secondary N) is 1. The highest BCUT2D eigenvalue weighted by molar-refractivity contribution is 5.90. The fourth-order valence-corrected chi connectivity index (χ4v) is 2.07. The maximum absolute atomic E-state index is 11.2. The molecule has 3 rings (SSSR count). The summed E-state index contributed by atoms with van der Waals surface area (Å²) in [7, 11) is 1.46. The molecule has 1 unspecified atom stereocenters. The van der Waals surface area contributed by atoms with Gasteiger partial charge in [-0.15, -0.1) is 5.10 Å². The van der Waals surface area contributed by atoms with Crippen LogP contribution in [0.1, 0.15) is 11.6 Å². The number of nitrogens with zero attached hydrogens (tertiary/aromatic N) is 3. The number of hydrogen-bond donors (Lipinski definition) is 2. The minimum absolute atomic E-state index is 0.0707. The molecule has 0 saturated heterocycles. The molecule has 0 bridgehead atoms. The number of methoxy groups -OCH3 is 1. The van der Waals surface area contributed by atoms with Gasteiger partial charge in [0.05, 0.1) is 7.11 Å². The van der Waals surface area contributed by atoms with Crippen LogP contribution in [0.15, 0.2) is 42.1 Å². The largest absolute Gasteiger partial charge is 0.477 e. The van der Waals surface area contributed by atoms with Crippen molar-refractivity contribution in [2.75, 3.05) is 12.4 Å². The molecule has 0 aliphatic carbocycles. The molecule has 1 aromatic carbocycles. The van der Waals surface area contributed by atoms with E-state index in [0.29, 0.717) is 5.95 Å². The fourth-order valence-electron chi connectivity index (χ4n) is 2.07. The highest BCUT2D eigenvalue weighted by atomic mass is 16.5. The first-order valence-electron chi connectivity index (χ1n) is 5.96. The molecule has 0 radical (unpaired) electrons. The zero-order valence-electron chi connectivity index (χ0n) is 10.6. The average Bonchev–Trinajstić information content (AvgIpc) is 2.90. The van der Waals surface area contributed by atoms with Crippen molar-refractivity contribution < 1.29 is 14.6 Å². The first-order chi connectivity index (χ1) is 9.69. The summed E-state index contributed by atoms with van der Waals surface area (Å²) in [4.78, 5) is 15.3. The number of aliphatic carboxylic acids is 1. The molecule has 2 aromatic rings. The van der Waals surface area contributed by atoms with Crippen molar-refractivity contribution in [1.29, 1.82) is 0 Å². The third-order valence-electron chi connectivity index (χ3n) is 3.00. The predicted octanol–water partition coefficient (Wildman–Crippen LogP) is 1.27. The van der Waals surface area contributed by atoms with E-state index in [4.69, 9.17) is 4.74 Å². The number of carboxylic acid groups (broad SMARTS) is 1. The summed E-state index contributed by atoms with van der Waals surface area (Å²) in [6.07, 6.45) is 1.60. The molecular formula is C13H12N4O3. The number of hydrogen-bond acceptors (Lipinski definition) is 5. The van der Waals surface area contributed by atoms with Gasteiger partial charge < -0.3 is 15.2 Å². The van der Waals surface area contributed by atoms with Crippen LogP contribution in [-0.2, 0) is 4.79 Å². The van der Waals surface area contributed by atoms with Gasteiger partial charge >= 0.3 is 12.0 Å². The Kier molecular flexibility index (Phi) is 2.86. The van der Waals surface area contributed by atoms with Crippen molar-refractivity contribution in [1.82, 2.24) is 14.8 Å². The van der Waals surface area contributed by atoms with E-state index >= 15 is 0 Å². The van der Waals surface area contributed by atoms with E-state index in [1.807, 2.05) is 30.3 Å². The summed E-state index contributed by atoms with van der Waals surface area (Å²) in [5, 5.41) is 16.1. The van der Waals surface area contributed by atoms with E-state index in [-0.39, 0.29) is 17.7 Å². The monoisotopic (exact) mass is 272 g/mol. The van der Waals surface area contributed by atoms with E-state index in [2.05, 4.69) is 15.4 Å². The SMILES string of the molecule is COc1nc2n(n1)C(c1ccccc1)C=C(C(=O)O)N2. The Morgan fingerprint density at radius 1 is 1.40 bits per heavy atom. The van der Waals surface area contributed by atoms with Crippen LogP contribution >= 0.6 is 0 Å². The Balaban J connectivity index is 2.11. The lowest BCUT2D eigenvalue weighted by molar-refractivity contribution is -0.132. The van der Waals surface area contributed by atoms with Crippen LogP contribution in [0.3, 0.4) is 0 Å². The Hall–Kier alpha value is -2.83. The summed E-state index contributed by atoms with van der Waals surface area (Å²) in [5.74, 6) is -0.699. The van der Waals surface area contributed by atoms with Crippen molar-refractivity contribution in [3.8, 4) is 6.01 Å². The molecule has 7 nitrogen and oxygen atoms in total. The molecule has 20 heavy (non-hydrogen) atoms. The van der Waals surface area contributed by atoms with Gasteiger partial charge in [0.1, 0.15) is 11.7 Å². The van der Waals surface area contributed by atoms with Gasteiger partial charge in [0.2, 0.25) is 5.95 Å². The number of fused-ring (bicyclic) bond motifs is 1. The normalized spacial score (nSPS) is 16.9. The molecule has 1 aromatic heterocycles. The van der Waals surface area contributed by atoms with Crippen LogP contribution in [0.4, 0.5) is 5.95 Å². The minimum Gasteiger partial charge on any atom is -0.477 e. The van der Waals surface area contributed by atoms with Crippen molar-refractivity contribution in [2.24, 2.45) is 0 Å². The molecule has 1 aliphatic rings. The summed E-state index contributed by atoms with van der Waals surface area (Å²) in [6.45, 7) is 0. The predicted molar refractivity (Wildman–Crippen MR) is 70.5 cm³/mol. The highest BCUT2D eigenvalue weighted by Crippen LogP contribution is 2.29. The number of carboxylic acids is 1. The lowest BCUT2D eigenvalue weighted by Crippen LogP contribution is -2.24. The quantitative estimate of drug-likeness (QED) is 0.874. The third-order valence-corrected chi connectivity index (χ3v) is 3.00. The van der Waals surface area contributed by atoms with Gasteiger partial charge in [-0.25, -0.2) is 9.48 Å². The molecule has 0 amide bonds. The topological polar surface area (TPSA) is 89.3 Å². The van der Waals surface area contributed by atoms with E-state index in [9.17, 15) is 9.90 Å². The first kappa shape index (κ1) is 12.2. The van der Waals surface area contributed by atoms with Crippen molar-refractivity contribution in [2.45, 2.75) is 6.04 Å². The Labute approximate surface area is 114 Å². The second kappa shape index (κ2) is 4.69. The number of anilines is 1. The first-order valence-corrected chi connectivity index (χ1v) is 5.96. The molecule has 0 saturated carbocycles. The lowest BCUT2D eigenvalue weighted by atomic mass is 10.0. The maximum Gasteiger partial charge on any atom is 0.352 e. The number of ether oxygens (including phenoxy) is 1. The maximum atomic E-state index is 11.2. The van der Waals surface area contributed by atoms with Gasteiger partial charge in [-0.05, 0) is 11.6 Å². The zero-order chi connectivity index (χ0) is 14.1. The number of rotatable bonds is 3. The Bertz CT molecular complexity index is 678. The van der Waals surface area contributed by atoms with Crippen molar-refractivity contribution in [3.05, 3.63) is 47.7 Å². The minimum atomic E-state index is -1.04. The molecule has 1 aliphatic heterocycles. The zero-order valence-corrected chi connectivity index (χ0v) is 10.6. The molecule has 7 heteroatoms. The summed E-state index contributed by atoms with van der Waals surface area (Å²) >= 11 is 0. The molecule has 0 fully saturated rings. The number of benzene rings is 1. The van der Waals surface area contributed by atoms with Crippen molar-refractivity contribution in [3.63, 3.8) is 0 Å². The third kappa shape index (κ3) is 1.99. The van der Waals surface area contributed by atoms with Crippen LogP contribution in [-0.4, -0.2) is 33.0 Å². The van der Waals surface area contributed by atoms with Gasteiger partial charge in [-0.2, -0.15) is 4.98 Å². The highest BCUT2D eigenvalue weighted by Gasteiger charge is 2.27. The van der Waals surface area contributed by atoms with Gasteiger partial charge in [-0.3, -0.25) is 0 Å². The smallest absolute Gasteiger partial charge is 0.352 e. The average molecular weight is 272 g/mol. The van der Waals surface area contributed by atoms with E-state index in [0.717, 1.165) is 5.56 Å². The standard InChI is InChI=1S/C13H12N4O3/c1-20-13-15-12-14-9(11(18)19)7-10(17(12)16-13)8-5-3-2-4-6-8/h2-7,10H,1H3,(H,18,19)(H,14,15,16). The van der Waals surface area contributed by atoms with Gasteiger partial charge in [-0.1, -0.05) is 30.3 Å².